The average molecular weight is 209 g/mol. The Labute approximate surface area is 90.5 Å². The van der Waals surface area contributed by atoms with Gasteiger partial charge in [-0.05, 0) is 25.7 Å². The van der Waals surface area contributed by atoms with E-state index in [0.717, 1.165) is 5.92 Å². The van der Waals surface area contributed by atoms with E-state index in [9.17, 15) is 0 Å². The Kier molecular flexibility index (Phi) is 3.36. The second kappa shape index (κ2) is 4.75. The SMILES string of the molecule is Cc1nnc(CN[C@H](C)C2CCCC2)o1. The van der Waals surface area contributed by atoms with Crippen LogP contribution in [-0.4, -0.2) is 16.2 Å². The molecule has 0 aliphatic heterocycles. The highest BCUT2D eigenvalue weighted by Crippen LogP contribution is 2.27. The van der Waals surface area contributed by atoms with Crippen LogP contribution in [0.5, 0.6) is 0 Å². The molecule has 1 aromatic rings. The first-order valence-electron chi connectivity index (χ1n) is 5.78. The summed E-state index contributed by atoms with van der Waals surface area (Å²) in [4.78, 5) is 0. The van der Waals surface area contributed by atoms with Gasteiger partial charge in [0.25, 0.3) is 0 Å². The lowest BCUT2D eigenvalue weighted by molar-refractivity contribution is 0.355. The van der Waals surface area contributed by atoms with Crippen molar-refractivity contribution in [3.63, 3.8) is 0 Å². The van der Waals surface area contributed by atoms with Crippen LogP contribution in [0, 0.1) is 12.8 Å². The van der Waals surface area contributed by atoms with E-state index in [1.807, 2.05) is 6.92 Å². The van der Waals surface area contributed by atoms with Gasteiger partial charge in [-0.3, -0.25) is 0 Å². The molecule has 1 saturated carbocycles. The van der Waals surface area contributed by atoms with E-state index in [-0.39, 0.29) is 0 Å². The summed E-state index contributed by atoms with van der Waals surface area (Å²) in [7, 11) is 0. The van der Waals surface area contributed by atoms with E-state index in [2.05, 4.69) is 22.4 Å². The molecule has 0 aromatic carbocycles. The van der Waals surface area contributed by atoms with E-state index in [1.54, 1.807) is 0 Å². The van der Waals surface area contributed by atoms with Crippen molar-refractivity contribution in [1.82, 2.24) is 15.5 Å². The zero-order valence-electron chi connectivity index (χ0n) is 9.49. The first-order valence-corrected chi connectivity index (χ1v) is 5.78. The lowest BCUT2D eigenvalue weighted by Gasteiger charge is -2.19. The third-order valence-corrected chi connectivity index (χ3v) is 3.25. The van der Waals surface area contributed by atoms with Crippen molar-refractivity contribution in [2.45, 2.75) is 52.1 Å². The van der Waals surface area contributed by atoms with Crippen molar-refractivity contribution < 1.29 is 4.42 Å². The molecule has 15 heavy (non-hydrogen) atoms. The van der Waals surface area contributed by atoms with Crippen molar-refractivity contribution in [2.75, 3.05) is 0 Å². The number of nitrogens with one attached hydrogen (secondary N) is 1. The number of rotatable bonds is 4. The molecule has 1 heterocycles. The van der Waals surface area contributed by atoms with E-state index < -0.39 is 0 Å². The van der Waals surface area contributed by atoms with Crippen molar-refractivity contribution in [1.29, 1.82) is 0 Å². The predicted octanol–water partition coefficient (Wildman–Crippen LogP) is 2.05. The minimum Gasteiger partial charge on any atom is -0.424 e. The Morgan fingerprint density at radius 3 is 2.73 bits per heavy atom. The van der Waals surface area contributed by atoms with Crippen LogP contribution in [0.2, 0.25) is 0 Å². The van der Waals surface area contributed by atoms with Crippen LogP contribution in [0.15, 0.2) is 4.42 Å². The summed E-state index contributed by atoms with van der Waals surface area (Å²) in [5.41, 5.74) is 0. The zero-order valence-corrected chi connectivity index (χ0v) is 9.49. The number of hydrogen-bond acceptors (Lipinski definition) is 4. The van der Waals surface area contributed by atoms with Crippen molar-refractivity contribution in [2.24, 2.45) is 5.92 Å². The van der Waals surface area contributed by atoms with Gasteiger partial charge in [0.2, 0.25) is 11.8 Å². The molecule has 1 fully saturated rings. The lowest BCUT2D eigenvalue weighted by Crippen LogP contribution is -2.31. The maximum Gasteiger partial charge on any atom is 0.230 e. The highest BCUT2D eigenvalue weighted by molar-refractivity contribution is 4.82. The van der Waals surface area contributed by atoms with Crippen molar-refractivity contribution in [3.05, 3.63) is 11.8 Å². The summed E-state index contributed by atoms with van der Waals surface area (Å²) in [6.45, 7) is 4.76. The Balaban J connectivity index is 1.77. The third-order valence-electron chi connectivity index (χ3n) is 3.25. The standard InChI is InChI=1S/C11H19N3O/c1-8(10-5-3-4-6-10)12-7-11-14-13-9(2)15-11/h8,10,12H,3-7H2,1-2H3/t8-/m1/s1. The topological polar surface area (TPSA) is 51.0 Å². The number of hydrogen-bond donors (Lipinski definition) is 1. The molecule has 0 saturated heterocycles. The van der Waals surface area contributed by atoms with Gasteiger partial charge in [-0.2, -0.15) is 0 Å². The fourth-order valence-electron chi connectivity index (χ4n) is 2.28. The molecule has 4 nitrogen and oxygen atoms in total. The number of aromatic nitrogens is 2. The molecule has 0 unspecified atom stereocenters. The zero-order chi connectivity index (χ0) is 10.7. The molecular weight excluding hydrogens is 190 g/mol. The van der Waals surface area contributed by atoms with Gasteiger partial charge in [-0.1, -0.05) is 12.8 Å². The van der Waals surface area contributed by atoms with Gasteiger partial charge in [-0.15, -0.1) is 10.2 Å². The van der Waals surface area contributed by atoms with Crippen molar-refractivity contribution >= 4 is 0 Å². The first-order chi connectivity index (χ1) is 7.25. The molecule has 0 spiro atoms. The number of aryl methyl sites for hydroxylation is 1. The monoisotopic (exact) mass is 209 g/mol. The number of nitrogens with zero attached hydrogens (tertiary/aromatic N) is 2. The van der Waals surface area contributed by atoms with Gasteiger partial charge < -0.3 is 9.73 Å². The Morgan fingerprint density at radius 2 is 2.13 bits per heavy atom. The summed E-state index contributed by atoms with van der Waals surface area (Å²) >= 11 is 0. The van der Waals surface area contributed by atoms with E-state index in [0.29, 0.717) is 24.4 Å². The largest absolute Gasteiger partial charge is 0.424 e. The van der Waals surface area contributed by atoms with Gasteiger partial charge in [-0.25, -0.2) is 0 Å². The molecule has 84 valence electrons. The van der Waals surface area contributed by atoms with Crippen LogP contribution in [0.1, 0.15) is 44.4 Å². The molecule has 4 heteroatoms. The summed E-state index contributed by atoms with van der Waals surface area (Å²) in [6.07, 6.45) is 5.49. The summed E-state index contributed by atoms with van der Waals surface area (Å²) in [6, 6.07) is 0.555. The second-order valence-electron chi connectivity index (χ2n) is 4.43. The van der Waals surface area contributed by atoms with Crippen LogP contribution in [0.25, 0.3) is 0 Å². The van der Waals surface area contributed by atoms with Crippen molar-refractivity contribution in [3.8, 4) is 0 Å². The van der Waals surface area contributed by atoms with E-state index in [1.165, 1.54) is 25.7 Å². The highest BCUT2D eigenvalue weighted by Gasteiger charge is 2.21. The maximum absolute atomic E-state index is 5.31. The minimum atomic E-state index is 0.555. The van der Waals surface area contributed by atoms with Gasteiger partial charge >= 0.3 is 0 Å². The van der Waals surface area contributed by atoms with Gasteiger partial charge in [0.1, 0.15) is 0 Å². The molecular formula is C11H19N3O. The Morgan fingerprint density at radius 1 is 1.40 bits per heavy atom. The normalized spacial score (nSPS) is 19.6. The second-order valence-corrected chi connectivity index (χ2v) is 4.43. The molecule has 1 N–H and O–H groups in total. The van der Waals surface area contributed by atoms with Crippen LogP contribution >= 0.6 is 0 Å². The van der Waals surface area contributed by atoms with Gasteiger partial charge in [0, 0.05) is 13.0 Å². The molecule has 2 rings (SSSR count). The lowest BCUT2D eigenvalue weighted by atomic mass is 10.00. The minimum absolute atomic E-state index is 0.555. The quantitative estimate of drug-likeness (QED) is 0.824. The summed E-state index contributed by atoms with van der Waals surface area (Å²) in [5, 5.41) is 11.2. The van der Waals surface area contributed by atoms with Crippen LogP contribution in [0.4, 0.5) is 0 Å². The Hall–Kier alpha value is -0.900. The third kappa shape index (κ3) is 2.78. The summed E-state index contributed by atoms with van der Waals surface area (Å²) in [5.74, 6) is 2.16. The summed E-state index contributed by atoms with van der Waals surface area (Å²) < 4.78 is 5.31. The van der Waals surface area contributed by atoms with E-state index in [4.69, 9.17) is 4.42 Å². The predicted molar refractivity (Wildman–Crippen MR) is 57.3 cm³/mol. The fraction of sp³-hybridized carbons (Fsp3) is 0.818. The maximum atomic E-state index is 5.31. The van der Waals surface area contributed by atoms with Gasteiger partial charge in [0.15, 0.2) is 0 Å². The van der Waals surface area contributed by atoms with Crippen LogP contribution in [-0.2, 0) is 6.54 Å². The molecule has 0 amide bonds. The van der Waals surface area contributed by atoms with Crippen LogP contribution in [0.3, 0.4) is 0 Å². The van der Waals surface area contributed by atoms with Gasteiger partial charge in [0.05, 0.1) is 6.54 Å². The smallest absolute Gasteiger partial charge is 0.230 e. The van der Waals surface area contributed by atoms with E-state index >= 15 is 0 Å². The Bertz CT molecular complexity index is 305. The van der Waals surface area contributed by atoms with Crippen LogP contribution < -0.4 is 5.32 Å². The molecule has 1 aliphatic carbocycles. The average Bonchev–Trinajstić information content (AvgIpc) is 2.84. The fourth-order valence-corrected chi connectivity index (χ4v) is 2.28. The molecule has 1 aliphatic rings. The molecule has 1 aromatic heterocycles. The molecule has 0 bridgehead atoms. The molecule has 1 atom stereocenters. The first kappa shape index (κ1) is 10.6. The highest BCUT2D eigenvalue weighted by atomic mass is 16.4. The molecule has 0 radical (unpaired) electrons.